The Hall–Kier alpha value is -1.31. The van der Waals surface area contributed by atoms with Crippen LogP contribution in [0.25, 0.3) is 0 Å². The maximum atomic E-state index is 12.8. The third-order valence-corrected chi connectivity index (χ3v) is 5.31. The van der Waals surface area contributed by atoms with E-state index in [0.717, 1.165) is 24.2 Å². The Kier molecular flexibility index (Phi) is 2.57. The molecule has 0 N–H and O–H groups in total. The smallest absolute Gasteiger partial charge is 0.167 e. The van der Waals surface area contributed by atoms with Gasteiger partial charge in [0.15, 0.2) is 5.78 Å². The van der Waals surface area contributed by atoms with Crippen LogP contribution in [-0.4, -0.2) is 12.9 Å². The molecule has 2 atom stereocenters. The van der Waals surface area contributed by atoms with E-state index in [-0.39, 0.29) is 16.7 Å². The number of methoxy groups -OCH3 is 1. The fourth-order valence-corrected chi connectivity index (χ4v) is 4.49. The molecule has 1 aromatic rings. The van der Waals surface area contributed by atoms with Crippen molar-refractivity contribution in [1.29, 1.82) is 0 Å². The summed E-state index contributed by atoms with van der Waals surface area (Å²) in [7, 11) is 1.68. The van der Waals surface area contributed by atoms with Crippen LogP contribution in [0.1, 0.15) is 56.0 Å². The van der Waals surface area contributed by atoms with Crippen molar-refractivity contribution in [2.45, 2.75) is 45.4 Å². The average Bonchev–Trinajstić information content (AvgIpc) is 2.58. The largest absolute Gasteiger partial charge is 0.497 e. The quantitative estimate of drug-likeness (QED) is 0.761. The molecule has 2 heteroatoms. The Morgan fingerprint density at radius 1 is 1.21 bits per heavy atom. The highest BCUT2D eigenvalue weighted by atomic mass is 16.5. The van der Waals surface area contributed by atoms with Gasteiger partial charge in [0.2, 0.25) is 0 Å². The first-order valence-corrected chi connectivity index (χ1v) is 7.13. The number of ether oxygens (including phenoxy) is 1. The van der Waals surface area contributed by atoms with Crippen molar-refractivity contribution in [3.05, 3.63) is 29.3 Å². The number of hydrogen-bond donors (Lipinski definition) is 0. The van der Waals surface area contributed by atoms with Gasteiger partial charge in [-0.2, -0.15) is 0 Å². The molecule has 2 aliphatic carbocycles. The van der Waals surface area contributed by atoms with Crippen molar-refractivity contribution in [1.82, 2.24) is 0 Å². The molecule has 19 heavy (non-hydrogen) atoms. The van der Waals surface area contributed by atoms with Crippen LogP contribution in [0.5, 0.6) is 5.75 Å². The molecule has 1 saturated carbocycles. The molecule has 102 valence electrons. The van der Waals surface area contributed by atoms with E-state index in [9.17, 15) is 4.79 Å². The molecule has 0 saturated heterocycles. The molecule has 2 aliphatic rings. The number of carbonyl (C=O) groups is 1. The Morgan fingerprint density at radius 2 is 1.95 bits per heavy atom. The summed E-state index contributed by atoms with van der Waals surface area (Å²) in [6.07, 6.45) is 3.45. The normalized spacial score (nSPS) is 31.8. The Labute approximate surface area is 115 Å². The van der Waals surface area contributed by atoms with Gasteiger partial charge in [0.25, 0.3) is 0 Å². The maximum Gasteiger partial charge on any atom is 0.167 e. The second-order valence-electron chi connectivity index (χ2n) is 6.97. The minimum atomic E-state index is -0.0112. The van der Waals surface area contributed by atoms with Crippen LogP contribution in [-0.2, 0) is 5.41 Å². The van der Waals surface area contributed by atoms with Crippen LogP contribution in [0.15, 0.2) is 18.2 Å². The van der Waals surface area contributed by atoms with E-state index in [1.165, 1.54) is 12.0 Å². The third kappa shape index (κ3) is 1.58. The van der Waals surface area contributed by atoms with Gasteiger partial charge >= 0.3 is 0 Å². The maximum absolute atomic E-state index is 12.8. The molecular weight excluding hydrogens is 236 g/mol. The van der Waals surface area contributed by atoms with Crippen LogP contribution < -0.4 is 4.74 Å². The molecule has 3 rings (SSSR count). The molecule has 0 heterocycles. The second-order valence-corrected chi connectivity index (χ2v) is 6.97. The average molecular weight is 258 g/mol. The van der Waals surface area contributed by atoms with Crippen LogP contribution in [0.4, 0.5) is 0 Å². The fourth-order valence-electron chi connectivity index (χ4n) is 4.49. The minimum Gasteiger partial charge on any atom is -0.497 e. The number of Topliss-reactive ketones (excluding diaryl/α,β-unsaturated/α-hetero) is 1. The summed E-state index contributed by atoms with van der Waals surface area (Å²) in [4.78, 5) is 12.8. The van der Waals surface area contributed by atoms with Crippen LogP contribution in [0, 0.1) is 11.3 Å². The standard InChI is InChI=1S/C17H22O2/c1-16(2)8-5-9-17(3)13-10-11(19-4)6-7-12(13)14(18)15(16)17/h6-7,10,15H,5,8-9H2,1-4H3/t15-,17-/m0/s1. The number of benzene rings is 1. The lowest BCUT2D eigenvalue weighted by molar-refractivity contribution is 0.0500. The number of ketones is 1. The lowest BCUT2D eigenvalue weighted by Gasteiger charge is -2.46. The molecule has 1 aromatic carbocycles. The highest BCUT2D eigenvalue weighted by molar-refractivity contribution is 6.04. The van der Waals surface area contributed by atoms with Gasteiger partial charge in [0, 0.05) is 16.9 Å². The van der Waals surface area contributed by atoms with E-state index in [0.29, 0.717) is 5.78 Å². The lowest BCUT2D eigenvalue weighted by atomic mass is 9.56. The first kappa shape index (κ1) is 12.7. The minimum absolute atomic E-state index is 0.0112. The number of fused-ring (bicyclic) bond motifs is 3. The van der Waals surface area contributed by atoms with Crippen LogP contribution in [0.2, 0.25) is 0 Å². The van der Waals surface area contributed by atoms with Crippen molar-refractivity contribution in [2.24, 2.45) is 11.3 Å². The molecule has 0 radical (unpaired) electrons. The summed E-state index contributed by atoms with van der Waals surface area (Å²) in [5, 5.41) is 0. The van der Waals surface area contributed by atoms with E-state index < -0.39 is 0 Å². The SMILES string of the molecule is COc1ccc2c(c1)[C@]1(C)CCCC(C)(C)[C@@H]1C2=O. The van der Waals surface area contributed by atoms with Gasteiger partial charge in [0.05, 0.1) is 7.11 Å². The molecule has 0 aromatic heterocycles. The predicted molar refractivity (Wildman–Crippen MR) is 75.8 cm³/mol. The van der Waals surface area contributed by atoms with Gasteiger partial charge in [0.1, 0.15) is 5.75 Å². The van der Waals surface area contributed by atoms with E-state index in [1.807, 2.05) is 12.1 Å². The molecule has 2 nitrogen and oxygen atoms in total. The Balaban J connectivity index is 2.19. The van der Waals surface area contributed by atoms with Crippen molar-refractivity contribution in [2.75, 3.05) is 7.11 Å². The van der Waals surface area contributed by atoms with E-state index >= 15 is 0 Å². The van der Waals surface area contributed by atoms with Gasteiger partial charge in [-0.1, -0.05) is 27.2 Å². The van der Waals surface area contributed by atoms with Gasteiger partial charge in [-0.15, -0.1) is 0 Å². The van der Waals surface area contributed by atoms with Gasteiger partial charge in [-0.05, 0) is 42.0 Å². The highest BCUT2D eigenvalue weighted by Crippen LogP contribution is 2.58. The molecule has 0 unspecified atom stereocenters. The molecular formula is C17H22O2. The molecule has 1 fully saturated rings. The van der Waals surface area contributed by atoms with E-state index in [1.54, 1.807) is 7.11 Å². The summed E-state index contributed by atoms with van der Waals surface area (Å²) >= 11 is 0. The van der Waals surface area contributed by atoms with Gasteiger partial charge < -0.3 is 4.74 Å². The van der Waals surface area contributed by atoms with Crippen molar-refractivity contribution in [3.8, 4) is 5.75 Å². The predicted octanol–water partition coefficient (Wildman–Crippen LogP) is 3.98. The monoisotopic (exact) mass is 258 g/mol. The van der Waals surface area contributed by atoms with Crippen molar-refractivity contribution in [3.63, 3.8) is 0 Å². The third-order valence-electron chi connectivity index (χ3n) is 5.31. The topological polar surface area (TPSA) is 26.3 Å². The Morgan fingerprint density at radius 3 is 2.63 bits per heavy atom. The summed E-state index contributed by atoms with van der Waals surface area (Å²) in [6.45, 7) is 6.76. The van der Waals surface area contributed by atoms with Gasteiger partial charge in [-0.25, -0.2) is 0 Å². The highest BCUT2D eigenvalue weighted by Gasteiger charge is 2.56. The van der Waals surface area contributed by atoms with E-state index in [2.05, 4.69) is 26.8 Å². The van der Waals surface area contributed by atoms with Crippen molar-refractivity contribution < 1.29 is 9.53 Å². The molecule has 0 amide bonds. The number of hydrogen-bond acceptors (Lipinski definition) is 2. The fraction of sp³-hybridized carbons (Fsp3) is 0.588. The Bertz CT molecular complexity index is 544. The molecule has 0 spiro atoms. The first-order chi connectivity index (χ1) is 8.90. The zero-order chi connectivity index (χ0) is 13.8. The zero-order valence-corrected chi connectivity index (χ0v) is 12.2. The summed E-state index contributed by atoms with van der Waals surface area (Å²) in [5.74, 6) is 1.32. The number of rotatable bonds is 1. The summed E-state index contributed by atoms with van der Waals surface area (Å²) in [6, 6.07) is 5.94. The van der Waals surface area contributed by atoms with Crippen LogP contribution in [0.3, 0.4) is 0 Å². The second kappa shape index (κ2) is 3.84. The lowest BCUT2D eigenvalue weighted by Crippen LogP contribution is -2.44. The van der Waals surface area contributed by atoms with E-state index in [4.69, 9.17) is 4.74 Å². The van der Waals surface area contributed by atoms with Crippen LogP contribution >= 0.6 is 0 Å². The van der Waals surface area contributed by atoms with Crippen molar-refractivity contribution >= 4 is 5.78 Å². The van der Waals surface area contributed by atoms with Gasteiger partial charge in [-0.3, -0.25) is 4.79 Å². The zero-order valence-electron chi connectivity index (χ0n) is 12.2. The first-order valence-electron chi connectivity index (χ1n) is 7.13. The summed E-state index contributed by atoms with van der Waals surface area (Å²) < 4.78 is 5.34. The summed E-state index contributed by atoms with van der Waals surface area (Å²) in [5.41, 5.74) is 2.21. The molecule has 0 bridgehead atoms. The number of carbonyl (C=O) groups excluding carboxylic acids is 1. The molecule has 0 aliphatic heterocycles.